The lowest BCUT2D eigenvalue weighted by Gasteiger charge is -2.56. The van der Waals surface area contributed by atoms with Crippen molar-refractivity contribution in [2.75, 3.05) is 0 Å². The number of benzene rings is 2. The van der Waals surface area contributed by atoms with Gasteiger partial charge in [-0.25, -0.2) is 4.68 Å². The summed E-state index contributed by atoms with van der Waals surface area (Å²) in [5.41, 5.74) is 0.963. The largest absolute Gasteiger partial charge is 0.346 e. The summed E-state index contributed by atoms with van der Waals surface area (Å²) in [6.45, 7) is 0.371. The zero-order valence-corrected chi connectivity index (χ0v) is 21.4. The van der Waals surface area contributed by atoms with Crippen molar-refractivity contribution in [3.63, 3.8) is 0 Å². The van der Waals surface area contributed by atoms with Crippen LogP contribution in [-0.4, -0.2) is 20.8 Å². The lowest BCUT2D eigenvalue weighted by Crippen LogP contribution is -2.60. The number of hydrogen-bond acceptors (Lipinski definition) is 2. The van der Waals surface area contributed by atoms with Gasteiger partial charge in [-0.2, -0.15) is 0 Å². The van der Waals surface area contributed by atoms with Crippen LogP contribution in [0.2, 0.25) is 15.1 Å². The number of nitrogens with one attached hydrogen (secondary N) is 1. The van der Waals surface area contributed by atoms with E-state index in [2.05, 4.69) is 5.32 Å². The number of nitrogens with zero attached hydrogens (tertiary/aromatic N) is 2. The average molecular weight is 531 g/mol. The predicted molar refractivity (Wildman–Crippen MR) is 139 cm³/mol. The minimum absolute atomic E-state index is 0.126. The molecule has 1 heterocycles. The van der Waals surface area contributed by atoms with Crippen LogP contribution >= 0.6 is 34.8 Å². The number of amides is 1. The van der Waals surface area contributed by atoms with Crippen LogP contribution in [0.3, 0.4) is 0 Å². The van der Waals surface area contributed by atoms with Gasteiger partial charge < -0.3 is 5.32 Å². The highest BCUT2D eigenvalue weighted by Crippen LogP contribution is 2.55. The molecule has 1 N–H and O–H groups in total. The first kappa shape index (κ1) is 23.2. The van der Waals surface area contributed by atoms with Crippen LogP contribution in [0.4, 0.5) is 0 Å². The second kappa shape index (κ2) is 8.72. The molecule has 1 amide bonds. The summed E-state index contributed by atoms with van der Waals surface area (Å²) in [5, 5.41) is 4.78. The third-order valence-electron chi connectivity index (χ3n) is 8.02. The summed E-state index contributed by atoms with van der Waals surface area (Å²) in [7, 11) is 0. The number of rotatable bonds is 5. The van der Waals surface area contributed by atoms with Gasteiger partial charge in [0.25, 0.3) is 11.5 Å². The molecule has 0 radical (unpaired) electrons. The standard InChI is InChI=1S/C27H26Cl3N3O2/c28-20-3-1-16(2-4-20)14-32-15-22(26(35)33(32)24-6-5-21(29)10-23(24)30)25(34)31-27-11-17-7-18(12-27)9-19(8-17)13-27/h1-6,10,15,17-19H,7-9,11-14H2,(H,31,34). The van der Waals surface area contributed by atoms with Crippen molar-refractivity contribution in [3.8, 4) is 5.69 Å². The maximum absolute atomic E-state index is 13.7. The summed E-state index contributed by atoms with van der Waals surface area (Å²) in [4.78, 5) is 27.2. The fraction of sp³-hybridized carbons (Fsp3) is 0.407. The van der Waals surface area contributed by atoms with Crippen LogP contribution in [0.5, 0.6) is 0 Å². The highest BCUT2D eigenvalue weighted by atomic mass is 35.5. The molecular formula is C27H26Cl3N3O2. The molecule has 3 aromatic rings. The predicted octanol–water partition coefficient (Wildman–Crippen LogP) is 6.35. The Balaban J connectivity index is 1.38. The van der Waals surface area contributed by atoms with E-state index >= 15 is 0 Å². The van der Waals surface area contributed by atoms with Crippen molar-refractivity contribution < 1.29 is 4.79 Å². The first-order chi connectivity index (χ1) is 16.8. The highest BCUT2D eigenvalue weighted by Gasteiger charge is 2.51. The van der Waals surface area contributed by atoms with Crippen molar-refractivity contribution >= 4 is 40.7 Å². The maximum Gasteiger partial charge on any atom is 0.284 e. The summed E-state index contributed by atoms with van der Waals surface area (Å²) in [6.07, 6.45) is 8.56. The van der Waals surface area contributed by atoms with Crippen LogP contribution in [0.1, 0.15) is 54.4 Å². The second-order valence-corrected chi connectivity index (χ2v) is 11.9. The van der Waals surface area contributed by atoms with E-state index in [9.17, 15) is 9.59 Å². The van der Waals surface area contributed by atoms with Gasteiger partial charge in [0.2, 0.25) is 0 Å². The van der Waals surface area contributed by atoms with Crippen molar-refractivity contribution in [1.82, 2.24) is 14.7 Å². The summed E-state index contributed by atoms with van der Waals surface area (Å²) >= 11 is 18.6. The van der Waals surface area contributed by atoms with Gasteiger partial charge in [-0.15, -0.1) is 0 Å². The average Bonchev–Trinajstić information content (AvgIpc) is 3.10. The van der Waals surface area contributed by atoms with Crippen molar-refractivity contribution in [2.24, 2.45) is 17.8 Å². The Morgan fingerprint density at radius 3 is 2.11 bits per heavy atom. The molecule has 1 aromatic heterocycles. The molecule has 35 heavy (non-hydrogen) atoms. The second-order valence-electron chi connectivity index (χ2n) is 10.6. The Kier molecular flexibility index (Phi) is 5.78. The smallest absolute Gasteiger partial charge is 0.284 e. The van der Waals surface area contributed by atoms with E-state index in [0.29, 0.717) is 45.1 Å². The van der Waals surface area contributed by atoms with Gasteiger partial charge in [0.15, 0.2) is 0 Å². The lowest BCUT2D eigenvalue weighted by molar-refractivity contribution is -0.0167. The van der Waals surface area contributed by atoms with Crippen molar-refractivity contribution in [2.45, 2.75) is 50.6 Å². The Bertz CT molecular complexity index is 1320. The Labute approximate surface area is 219 Å². The Morgan fingerprint density at radius 1 is 0.914 bits per heavy atom. The van der Waals surface area contributed by atoms with Crippen molar-refractivity contribution in [1.29, 1.82) is 0 Å². The molecule has 5 nitrogen and oxygen atoms in total. The normalized spacial score (nSPS) is 26.8. The molecule has 0 unspecified atom stereocenters. The summed E-state index contributed by atoms with van der Waals surface area (Å²) in [5.74, 6) is 1.78. The lowest BCUT2D eigenvalue weighted by atomic mass is 9.53. The minimum Gasteiger partial charge on any atom is -0.346 e. The van der Waals surface area contributed by atoms with E-state index in [1.807, 2.05) is 12.1 Å². The first-order valence-electron chi connectivity index (χ1n) is 12.1. The zero-order chi connectivity index (χ0) is 24.3. The van der Waals surface area contributed by atoms with Crippen LogP contribution in [-0.2, 0) is 6.54 Å². The zero-order valence-electron chi connectivity index (χ0n) is 19.1. The Morgan fingerprint density at radius 2 is 1.51 bits per heavy atom. The van der Waals surface area contributed by atoms with E-state index in [1.165, 1.54) is 23.9 Å². The topological polar surface area (TPSA) is 56.0 Å². The number of carbonyl (C=O) groups excluding carboxylic acids is 1. The highest BCUT2D eigenvalue weighted by molar-refractivity contribution is 6.35. The molecule has 8 heteroatoms. The summed E-state index contributed by atoms with van der Waals surface area (Å²) in [6, 6.07) is 12.4. The molecule has 4 fully saturated rings. The molecule has 182 valence electrons. The molecule has 7 rings (SSSR count). The third-order valence-corrected chi connectivity index (χ3v) is 8.80. The molecule has 4 bridgehead atoms. The maximum atomic E-state index is 13.7. The fourth-order valence-electron chi connectivity index (χ4n) is 7.01. The minimum atomic E-state index is -0.398. The first-order valence-corrected chi connectivity index (χ1v) is 13.3. The van der Waals surface area contributed by atoms with Crippen LogP contribution in [0.25, 0.3) is 5.69 Å². The van der Waals surface area contributed by atoms with E-state index in [1.54, 1.807) is 41.2 Å². The van der Waals surface area contributed by atoms with Crippen molar-refractivity contribution in [3.05, 3.63) is 85.2 Å². The van der Waals surface area contributed by atoms with Gasteiger partial charge in [0, 0.05) is 21.8 Å². The van der Waals surface area contributed by atoms with Gasteiger partial charge in [-0.1, -0.05) is 46.9 Å². The Hall–Kier alpha value is -2.21. The van der Waals surface area contributed by atoms with Gasteiger partial charge >= 0.3 is 0 Å². The molecule has 0 atom stereocenters. The van der Waals surface area contributed by atoms with E-state index in [0.717, 1.165) is 24.8 Å². The number of halogens is 3. The molecule has 4 aliphatic rings. The van der Waals surface area contributed by atoms with Crippen LogP contribution in [0, 0.1) is 17.8 Å². The quantitative estimate of drug-likeness (QED) is 0.418. The van der Waals surface area contributed by atoms with E-state index in [4.69, 9.17) is 34.8 Å². The van der Waals surface area contributed by atoms with Gasteiger partial charge in [-0.3, -0.25) is 14.3 Å². The van der Waals surface area contributed by atoms with Gasteiger partial charge in [-0.05, 0) is 92.2 Å². The van der Waals surface area contributed by atoms with Crippen LogP contribution < -0.4 is 10.9 Å². The molecule has 2 aromatic carbocycles. The van der Waals surface area contributed by atoms with Gasteiger partial charge in [0.1, 0.15) is 5.56 Å². The molecule has 0 saturated heterocycles. The van der Waals surface area contributed by atoms with E-state index in [-0.39, 0.29) is 17.0 Å². The molecule has 0 spiro atoms. The molecule has 0 aliphatic heterocycles. The van der Waals surface area contributed by atoms with Crippen LogP contribution in [0.15, 0.2) is 53.5 Å². The number of aromatic nitrogens is 2. The number of hydrogen-bond donors (Lipinski definition) is 1. The SMILES string of the molecule is O=C(NC12CC3CC(CC(C3)C1)C2)c1cn(Cc2ccc(Cl)cc2)n(-c2ccc(Cl)cc2Cl)c1=O. The molecule has 4 aliphatic carbocycles. The molecule has 4 saturated carbocycles. The monoisotopic (exact) mass is 529 g/mol. The van der Waals surface area contributed by atoms with E-state index < -0.39 is 5.56 Å². The van der Waals surface area contributed by atoms with Gasteiger partial charge in [0.05, 0.1) is 17.3 Å². The number of carbonyl (C=O) groups is 1. The third kappa shape index (κ3) is 4.32. The molecular weight excluding hydrogens is 505 g/mol. The fourth-order valence-corrected chi connectivity index (χ4v) is 7.63. The summed E-state index contributed by atoms with van der Waals surface area (Å²) < 4.78 is 3.19.